The highest BCUT2D eigenvalue weighted by Gasteiger charge is 2.48. The van der Waals surface area contributed by atoms with Crippen molar-refractivity contribution in [2.75, 3.05) is 27.4 Å². The Morgan fingerprint density at radius 3 is 1.53 bits per heavy atom. The summed E-state index contributed by atoms with van der Waals surface area (Å²) < 4.78 is 76.2. The Morgan fingerprint density at radius 2 is 1.12 bits per heavy atom. The Balaban J connectivity index is 1.34. The molecule has 2 saturated heterocycles. The second kappa shape index (κ2) is 14.8. The largest absolute Gasteiger partial charge is 0.490 e. The topological polar surface area (TPSA) is 356 Å². The highest BCUT2D eigenvalue weighted by atomic mass is 31.3. The van der Waals surface area contributed by atoms with Gasteiger partial charge in [-0.2, -0.15) is 4.31 Å². The van der Waals surface area contributed by atoms with Crippen LogP contribution >= 0.6 is 23.1 Å². The Morgan fingerprint density at radius 1 is 0.714 bits per heavy atom. The molecule has 2 fully saturated rings. The zero-order valence-corrected chi connectivity index (χ0v) is 27.5. The van der Waals surface area contributed by atoms with Crippen molar-refractivity contribution in [1.82, 2.24) is 19.1 Å². The van der Waals surface area contributed by atoms with E-state index in [1.807, 2.05) is 9.97 Å². The Bertz CT molecular complexity index is 1780. The number of aromatic amines is 2. The van der Waals surface area contributed by atoms with E-state index in [1.165, 1.54) is 0 Å². The summed E-state index contributed by atoms with van der Waals surface area (Å²) in [4.78, 5) is 71.4. The first-order valence-electron chi connectivity index (χ1n) is 13.3. The predicted molar refractivity (Wildman–Crippen MR) is 155 cm³/mol. The maximum atomic E-state index is 12.6. The van der Waals surface area contributed by atoms with Crippen LogP contribution in [0.15, 0.2) is 31.6 Å². The smallest absolute Gasteiger partial charge is 0.487 e. The number of rotatable bonds is 14. The standard InChI is InChI=1S/C20H28BN4O21P3/c1-39-7-3-24(19(32)22-15(7)30)17-13(28)11(26)9(43-17)5-41-47(21,34)45-49(37,38)46-48(35,36)42-6-10-12(27)14(29)18(44-10)25-4-8(40-2)16(31)23-20(25)33/h3-4,9-14,17-18,26-29H,5-6H2,1-2H3,(H,35,36)(H,37,38)(H,22,30,32)(H,23,31,33)/t9-,10-,11-,12-,13-,14-,17-,18-,47+/m1/s1. The summed E-state index contributed by atoms with van der Waals surface area (Å²) in [7, 11) is -9.36. The first-order chi connectivity index (χ1) is 22.7. The lowest BCUT2D eigenvalue weighted by atomic mass is 10.1. The second-order valence-electron chi connectivity index (χ2n) is 10.1. The van der Waals surface area contributed by atoms with Crippen LogP contribution < -0.4 is 32.0 Å². The SMILES string of the molecule is [B][P@](=O)(OC[C@H]1O[C@@H](n2cc(OC)c(=O)[nH]c2=O)[C@H](O)[C@@H]1O)OP(=O)(O)OP(=O)(O)OC[C@H]1O[C@@H](n2cc(OC)c(=O)[nH]c2=O)[C@H](O)[C@@H]1O. The molecule has 11 atom stereocenters. The zero-order valence-electron chi connectivity index (χ0n) is 24.8. The van der Waals surface area contributed by atoms with Crippen LogP contribution in [-0.4, -0.2) is 121 Å². The van der Waals surface area contributed by atoms with Crippen LogP contribution in [0.25, 0.3) is 0 Å². The molecule has 49 heavy (non-hydrogen) atoms. The average Bonchev–Trinajstić information content (AvgIpc) is 3.43. The lowest BCUT2D eigenvalue weighted by molar-refractivity contribution is -0.0545. The first-order valence-corrected chi connectivity index (χ1v) is 17.9. The van der Waals surface area contributed by atoms with Crippen LogP contribution in [0, 0.1) is 0 Å². The monoisotopic (exact) mass is 764 g/mol. The van der Waals surface area contributed by atoms with E-state index in [-0.39, 0.29) is 11.5 Å². The van der Waals surface area contributed by atoms with E-state index in [0.29, 0.717) is 9.13 Å². The lowest BCUT2D eigenvalue weighted by Crippen LogP contribution is -2.38. The molecule has 2 aromatic rings. The number of nitrogens with zero attached hydrogens (tertiary/aromatic N) is 2. The number of hydrogen-bond donors (Lipinski definition) is 8. The second-order valence-corrected chi connectivity index (χ2v) is 14.8. The normalized spacial score (nSPS) is 30.7. The number of hydrogen-bond acceptors (Lipinski definition) is 19. The molecule has 4 heterocycles. The highest BCUT2D eigenvalue weighted by Crippen LogP contribution is 2.67. The van der Waals surface area contributed by atoms with Gasteiger partial charge in [-0.1, -0.05) is 0 Å². The molecular formula is C20H28BN4O21P3. The Hall–Kier alpha value is -2.77. The molecule has 0 amide bonds. The third-order valence-corrected chi connectivity index (χ3v) is 11.1. The summed E-state index contributed by atoms with van der Waals surface area (Å²) in [6.45, 7) is -2.19. The summed E-state index contributed by atoms with van der Waals surface area (Å²) >= 11 is 0. The molecular weight excluding hydrogens is 736 g/mol. The van der Waals surface area contributed by atoms with Gasteiger partial charge in [0.1, 0.15) is 36.6 Å². The van der Waals surface area contributed by atoms with Gasteiger partial charge in [0.05, 0.1) is 39.8 Å². The summed E-state index contributed by atoms with van der Waals surface area (Å²) in [5, 5.41) is 41.3. The molecule has 0 bridgehead atoms. The van der Waals surface area contributed by atoms with Crippen LogP contribution in [-0.2, 0) is 40.8 Å². The van der Waals surface area contributed by atoms with Gasteiger partial charge in [0.2, 0.25) is 19.1 Å². The van der Waals surface area contributed by atoms with Crippen molar-refractivity contribution >= 4 is 30.7 Å². The van der Waals surface area contributed by atoms with E-state index in [9.17, 15) is 63.1 Å². The maximum Gasteiger partial charge on any atom is 0.487 e. The number of aliphatic hydroxyl groups is 4. The van der Waals surface area contributed by atoms with Crippen LogP contribution in [0.4, 0.5) is 0 Å². The average molecular weight is 764 g/mol. The molecule has 0 spiro atoms. The molecule has 25 nitrogen and oxygen atoms in total. The molecule has 2 radical (unpaired) electrons. The van der Waals surface area contributed by atoms with Crippen molar-refractivity contribution < 1.29 is 80.5 Å². The van der Waals surface area contributed by atoms with Crippen molar-refractivity contribution in [2.45, 2.75) is 49.1 Å². The van der Waals surface area contributed by atoms with Crippen molar-refractivity contribution in [3.05, 3.63) is 54.1 Å². The first kappa shape index (κ1) is 39.0. The summed E-state index contributed by atoms with van der Waals surface area (Å²) in [5.74, 6) is -0.749. The summed E-state index contributed by atoms with van der Waals surface area (Å²) in [6.07, 6.45) is -12.5. The van der Waals surface area contributed by atoms with Gasteiger partial charge in [0.25, 0.3) is 18.6 Å². The van der Waals surface area contributed by atoms with E-state index < -0.39 is 108 Å². The van der Waals surface area contributed by atoms with Crippen molar-refractivity contribution in [1.29, 1.82) is 0 Å². The molecule has 4 rings (SSSR count). The van der Waals surface area contributed by atoms with Crippen molar-refractivity contribution in [3.63, 3.8) is 0 Å². The number of methoxy groups -OCH3 is 2. The van der Waals surface area contributed by atoms with E-state index in [0.717, 1.165) is 26.6 Å². The molecule has 8 N–H and O–H groups in total. The molecule has 2 unspecified atom stereocenters. The lowest BCUT2D eigenvalue weighted by Gasteiger charge is -2.22. The third kappa shape index (κ3) is 8.94. The minimum atomic E-state index is -5.92. The molecule has 272 valence electrons. The van der Waals surface area contributed by atoms with Gasteiger partial charge in [-0.3, -0.25) is 37.8 Å². The fourth-order valence-electron chi connectivity index (χ4n) is 4.48. The summed E-state index contributed by atoms with van der Waals surface area (Å²) in [6, 6.07) is 0. The third-order valence-electron chi connectivity index (χ3n) is 6.78. The van der Waals surface area contributed by atoms with Gasteiger partial charge in [-0.15, -0.1) is 0 Å². The molecule has 0 saturated carbocycles. The number of H-pyrrole nitrogens is 2. The van der Waals surface area contributed by atoms with Crippen molar-refractivity contribution in [2.24, 2.45) is 0 Å². The van der Waals surface area contributed by atoms with Gasteiger partial charge in [0, 0.05) is 0 Å². The van der Waals surface area contributed by atoms with E-state index in [2.05, 4.69) is 13.1 Å². The number of ether oxygens (including phenoxy) is 4. The van der Waals surface area contributed by atoms with Gasteiger partial charge in [0.15, 0.2) is 12.5 Å². The summed E-state index contributed by atoms with van der Waals surface area (Å²) in [5.41, 5.74) is -4.01. The van der Waals surface area contributed by atoms with Gasteiger partial charge in [-0.25, -0.2) is 23.0 Å². The Kier molecular flexibility index (Phi) is 11.8. The minimum Gasteiger partial charge on any atom is -0.490 e. The molecule has 2 aliphatic rings. The van der Waals surface area contributed by atoms with E-state index in [1.54, 1.807) is 0 Å². The minimum absolute atomic E-state index is 0.370. The molecule has 2 aliphatic heterocycles. The quantitative estimate of drug-likeness (QED) is 0.0669. The fourth-order valence-corrected chi connectivity index (χ4v) is 8.13. The zero-order chi connectivity index (χ0) is 36.6. The molecule has 0 aliphatic carbocycles. The molecule has 2 aromatic heterocycles. The van der Waals surface area contributed by atoms with Crippen LogP contribution in [0.3, 0.4) is 0 Å². The predicted octanol–water partition coefficient (Wildman–Crippen LogP) is -4.11. The van der Waals surface area contributed by atoms with E-state index in [4.69, 9.17) is 31.0 Å². The molecule has 0 aromatic carbocycles. The van der Waals surface area contributed by atoms with Gasteiger partial charge in [-0.05, 0) is 0 Å². The number of phosphoric acid groups is 2. The van der Waals surface area contributed by atoms with E-state index >= 15 is 0 Å². The van der Waals surface area contributed by atoms with Gasteiger partial charge < -0.3 is 53.7 Å². The van der Waals surface area contributed by atoms with Crippen LogP contribution in [0.2, 0.25) is 0 Å². The number of aromatic nitrogens is 4. The fraction of sp³-hybridized carbons (Fsp3) is 0.600. The number of nitrogens with one attached hydrogen (secondary N) is 2. The van der Waals surface area contributed by atoms with Crippen LogP contribution in [0.1, 0.15) is 12.5 Å². The van der Waals surface area contributed by atoms with Crippen LogP contribution in [0.5, 0.6) is 11.5 Å². The maximum absolute atomic E-state index is 12.6. The number of aliphatic hydroxyl groups excluding tert-OH is 4. The Labute approximate surface area is 272 Å². The number of phosphoric ester groups is 1. The van der Waals surface area contributed by atoms with Gasteiger partial charge >= 0.3 is 27.0 Å². The van der Waals surface area contributed by atoms with Crippen molar-refractivity contribution in [3.8, 4) is 11.5 Å². The highest BCUT2D eigenvalue weighted by molar-refractivity contribution is 7.84. The molecule has 29 heteroatoms.